The number of nitrogens with one attached hydrogen (secondary N) is 1. The zero-order chi connectivity index (χ0) is 20.5. The highest BCUT2D eigenvalue weighted by atomic mass is 79.9. The molecular weight excluding hydrogens is 432 g/mol. The lowest BCUT2D eigenvalue weighted by molar-refractivity contribution is -0.123. The highest BCUT2D eigenvalue weighted by Crippen LogP contribution is 2.22. The number of halogens is 1. The third-order valence-corrected chi connectivity index (χ3v) is 4.49. The van der Waals surface area contributed by atoms with Gasteiger partial charge in [-0.05, 0) is 48.4 Å². The molecule has 29 heavy (non-hydrogen) atoms. The fourth-order valence-corrected chi connectivity index (χ4v) is 3.02. The van der Waals surface area contributed by atoms with Crippen LogP contribution in [0, 0.1) is 0 Å². The number of hydrogen-bond acceptors (Lipinski definition) is 4. The lowest BCUT2D eigenvalue weighted by Crippen LogP contribution is -2.24. The molecule has 1 amide bonds. The molecule has 5 nitrogen and oxygen atoms in total. The van der Waals surface area contributed by atoms with Gasteiger partial charge in [0.05, 0.1) is 12.8 Å². The van der Waals surface area contributed by atoms with Gasteiger partial charge < -0.3 is 9.47 Å². The minimum absolute atomic E-state index is 0.126. The Morgan fingerprint density at radius 2 is 1.72 bits per heavy atom. The Labute approximate surface area is 178 Å². The van der Waals surface area contributed by atoms with E-state index in [4.69, 9.17) is 9.47 Å². The van der Waals surface area contributed by atoms with E-state index in [1.165, 1.54) is 0 Å². The van der Waals surface area contributed by atoms with Crippen molar-refractivity contribution in [1.29, 1.82) is 0 Å². The SMILES string of the molecule is CCOc1ccc(Br)cc1C=NNC(=O)COc1ccc(-c2ccccc2)cc1. The Bertz CT molecular complexity index is 973. The van der Waals surface area contributed by atoms with Crippen molar-refractivity contribution >= 4 is 28.1 Å². The molecule has 0 aliphatic carbocycles. The van der Waals surface area contributed by atoms with E-state index in [9.17, 15) is 4.79 Å². The van der Waals surface area contributed by atoms with Crippen LogP contribution in [0.25, 0.3) is 11.1 Å². The van der Waals surface area contributed by atoms with Crippen molar-refractivity contribution in [2.24, 2.45) is 5.10 Å². The van der Waals surface area contributed by atoms with Gasteiger partial charge in [0.1, 0.15) is 11.5 Å². The monoisotopic (exact) mass is 452 g/mol. The standard InChI is InChI=1S/C23H21BrN2O3/c1-2-28-22-13-10-20(24)14-19(22)15-25-26-23(27)16-29-21-11-8-18(9-12-21)17-6-4-3-5-7-17/h3-15H,2,16H2,1H3,(H,26,27). The van der Waals surface area contributed by atoms with Gasteiger partial charge in [-0.1, -0.05) is 58.4 Å². The van der Waals surface area contributed by atoms with Gasteiger partial charge in [-0.25, -0.2) is 5.43 Å². The van der Waals surface area contributed by atoms with Crippen LogP contribution in [-0.4, -0.2) is 25.3 Å². The summed E-state index contributed by atoms with van der Waals surface area (Å²) in [6.45, 7) is 2.33. The van der Waals surface area contributed by atoms with Gasteiger partial charge in [0.15, 0.2) is 6.61 Å². The largest absolute Gasteiger partial charge is 0.493 e. The van der Waals surface area contributed by atoms with Crippen molar-refractivity contribution in [3.05, 3.63) is 82.8 Å². The summed E-state index contributed by atoms with van der Waals surface area (Å²) in [4.78, 5) is 12.0. The highest BCUT2D eigenvalue weighted by molar-refractivity contribution is 9.10. The van der Waals surface area contributed by atoms with Crippen LogP contribution in [0.3, 0.4) is 0 Å². The molecule has 3 aromatic carbocycles. The highest BCUT2D eigenvalue weighted by Gasteiger charge is 2.04. The van der Waals surface area contributed by atoms with Gasteiger partial charge in [0.2, 0.25) is 0 Å². The molecule has 0 aromatic heterocycles. The molecular formula is C23H21BrN2O3. The second kappa shape index (κ2) is 10.4. The topological polar surface area (TPSA) is 59.9 Å². The predicted molar refractivity (Wildman–Crippen MR) is 118 cm³/mol. The Hall–Kier alpha value is -3.12. The van der Waals surface area contributed by atoms with Gasteiger partial charge >= 0.3 is 0 Å². The van der Waals surface area contributed by atoms with E-state index >= 15 is 0 Å². The van der Waals surface area contributed by atoms with Crippen molar-refractivity contribution in [3.63, 3.8) is 0 Å². The van der Waals surface area contributed by atoms with Gasteiger partial charge in [-0.2, -0.15) is 5.10 Å². The molecule has 3 aromatic rings. The van der Waals surface area contributed by atoms with Crippen LogP contribution < -0.4 is 14.9 Å². The minimum atomic E-state index is -0.346. The molecule has 0 atom stereocenters. The Morgan fingerprint density at radius 3 is 2.45 bits per heavy atom. The van der Waals surface area contributed by atoms with Gasteiger partial charge in [-0.3, -0.25) is 4.79 Å². The summed E-state index contributed by atoms with van der Waals surface area (Å²) in [6, 6.07) is 23.3. The van der Waals surface area contributed by atoms with Crippen molar-refractivity contribution in [2.75, 3.05) is 13.2 Å². The summed E-state index contributed by atoms with van der Waals surface area (Å²) in [5.74, 6) is 0.972. The van der Waals surface area contributed by atoms with Crippen LogP contribution in [0.5, 0.6) is 11.5 Å². The van der Waals surface area contributed by atoms with E-state index in [2.05, 4.69) is 26.5 Å². The number of carbonyl (C=O) groups excluding carboxylic acids is 1. The number of carbonyl (C=O) groups is 1. The summed E-state index contributed by atoms with van der Waals surface area (Å²) in [5, 5.41) is 3.99. The van der Waals surface area contributed by atoms with Crippen LogP contribution in [0.2, 0.25) is 0 Å². The molecule has 6 heteroatoms. The fourth-order valence-electron chi connectivity index (χ4n) is 2.64. The molecule has 1 N–H and O–H groups in total. The maximum absolute atomic E-state index is 12.0. The second-order valence-corrected chi connectivity index (χ2v) is 7.00. The maximum atomic E-state index is 12.0. The maximum Gasteiger partial charge on any atom is 0.277 e. The molecule has 0 aliphatic heterocycles. The van der Waals surface area contributed by atoms with E-state index in [0.29, 0.717) is 18.1 Å². The summed E-state index contributed by atoms with van der Waals surface area (Å²) in [5.41, 5.74) is 5.44. The minimum Gasteiger partial charge on any atom is -0.493 e. The first-order valence-corrected chi connectivity index (χ1v) is 9.97. The van der Waals surface area contributed by atoms with Crippen molar-refractivity contribution in [2.45, 2.75) is 6.92 Å². The van der Waals surface area contributed by atoms with Crippen LogP contribution in [0.4, 0.5) is 0 Å². The normalized spacial score (nSPS) is 10.7. The Balaban J connectivity index is 1.51. The average Bonchev–Trinajstić information content (AvgIpc) is 2.75. The molecule has 3 rings (SSSR count). The smallest absolute Gasteiger partial charge is 0.277 e. The quantitative estimate of drug-likeness (QED) is 0.384. The van der Waals surface area contributed by atoms with Crippen molar-refractivity contribution < 1.29 is 14.3 Å². The second-order valence-electron chi connectivity index (χ2n) is 6.09. The summed E-state index contributed by atoms with van der Waals surface area (Å²) >= 11 is 3.41. The number of benzene rings is 3. The Kier molecular flexibility index (Phi) is 7.41. The van der Waals surface area contributed by atoms with E-state index in [1.807, 2.05) is 79.7 Å². The number of hydrogen-bond donors (Lipinski definition) is 1. The van der Waals surface area contributed by atoms with Crippen LogP contribution >= 0.6 is 15.9 Å². The van der Waals surface area contributed by atoms with E-state index in [1.54, 1.807) is 6.21 Å². The lowest BCUT2D eigenvalue weighted by Gasteiger charge is -2.08. The predicted octanol–water partition coefficient (Wildman–Crippen LogP) is 5.04. The number of rotatable bonds is 8. The molecule has 0 unspecified atom stereocenters. The van der Waals surface area contributed by atoms with Gasteiger partial charge in [0, 0.05) is 10.0 Å². The summed E-state index contributed by atoms with van der Waals surface area (Å²) in [7, 11) is 0. The fraction of sp³-hybridized carbons (Fsp3) is 0.130. The first-order valence-electron chi connectivity index (χ1n) is 9.18. The molecule has 0 radical (unpaired) electrons. The zero-order valence-electron chi connectivity index (χ0n) is 16.0. The van der Waals surface area contributed by atoms with E-state index < -0.39 is 0 Å². The third kappa shape index (κ3) is 6.19. The molecule has 0 spiro atoms. The van der Waals surface area contributed by atoms with Crippen molar-refractivity contribution in [1.82, 2.24) is 5.43 Å². The van der Waals surface area contributed by atoms with Crippen LogP contribution in [0.15, 0.2) is 82.4 Å². The first-order chi connectivity index (χ1) is 14.2. The number of amides is 1. The molecule has 0 saturated carbocycles. The number of ether oxygens (including phenoxy) is 2. The molecule has 0 heterocycles. The van der Waals surface area contributed by atoms with Gasteiger partial charge in [-0.15, -0.1) is 0 Å². The first kappa shape index (κ1) is 20.6. The number of hydrazone groups is 1. The zero-order valence-corrected chi connectivity index (χ0v) is 17.6. The third-order valence-electron chi connectivity index (χ3n) is 4.00. The summed E-state index contributed by atoms with van der Waals surface area (Å²) < 4.78 is 12.0. The number of nitrogens with zero attached hydrogens (tertiary/aromatic N) is 1. The Morgan fingerprint density at radius 1 is 1.00 bits per heavy atom. The lowest BCUT2D eigenvalue weighted by atomic mass is 10.1. The van der Waals surface area contributed by atoms with E-state index in [0.717, 1.165) is 21.2 Å². The van der Waals surface area contributed by atoms with Crippen LogP contribution in [0.1, 0.15) is 12.5 Å². The van der Waals surface area contributed by atoms with E-state index in [-0.39, 0.29) is 12.5 Å². The molecule has 0 fully saturated rings. The van der Waals surface area contributed by atoms with Crippen LogP contribution in [-0.2, 0) is 4.79 Å². The molecule has 0 aliphatic rings. The molecule has 148 valence electrons. The van der Waals surface area contributed by atoms with Gasteiger partial charge in [0.25, 0.3) is 5.91 Å². The molecule has 0 bridgehead atoms. The average molecular weight is 453 g/mol. The van der Waals surface area contributed by atoms with Crippen molar-refractivity contribution in [3.8, 4) is 22.6 Å². The molecule has 0 saturated heterocycles. The summed E-state index contributed by atoms with van der Waals surface area (Å²) in [6.07, 6.45) is 1.54.